The van der Waals surface area contributed by atoms with Crippen LogP contribution in [0.25, 0.3) is 0 Å². The van der Waals surface area contributed by atoms with E-state index in [9.17, 15) is 4.79 Å². The summed E-state index contributed by atoms with van der Waals surface area (Å²) in [6.45, 7) is 15.4. The minimum atomic E-state index is -0.502. The summed E-state index contributed by atoms with van der Waals surface area (Å²) in [5, 5.41) is 0. The molecular weight excluding hydrogens is 321 g/mol. The smallest absolute Gasteiger partial charge is 0.444 e. The Balaban J connectivity index is 1.73. The Kier molecular flexibility index (Phi) is 4.19. The summed E-state index contributed by atoms with van der Waals surface area (Å²) in [6, 6.07) is 0. The highest BCUT2D eigenvalue weighted by atomic mass is 16.7. The number of carbonyl (C=O) groups excluding carboxylic acids is 1. The van der Waals surface area contributed by atoms with Crippen molar-refractivity contribution >= 4 is 18.8 Å². The van der Waals surface area contributed by atoms with E-state index in [1.807, 2.05) is 54.7 Å². The predicted octanol–water partition coefficient (Wildman–Crippen LogP) is 1.93. The number of carbonyl (C=O) groups is 1. The predicted molar refractivity (Wildman–Crippen MR) is 94.6 cm³/mol. The Morgan fingerprint density at radius 3 is 2.36 bits per heavy atom. The molecule has 0 radical (unpaired) electrons. The van der Waals surface area contributed by atoms with Gasteiger partial charge >= 0.3 is 13.2 Å². The molecule has 25 heavy (non-hydrogen) atoms. The number of imidazole rings is 1. The maximum atomic E-state index is 12.3. The number of nitrogens with zero attached hydrogens (tertiary/aromatic N) is 3. The Bertz CT molecular complexity index is 662. The maximum absolute atomic E-state index is 12.3. The minimum Gasteiger partial charge on any atom is -0.444 e. The molecule has 8 heteroatoms. The van der Waals surface area contributed by atoms with Gasteiger partial charge in [0.05, 0.1) is 23.3 Å². The van der Waals surface area contributed by atoms with E-state index in [1.54, 1.807) is 4.90 Å². The number of amides is 1. The summed E-state index contributed by atoms with van der Waals surface area (Å²) in [4.78, 5) is 18.6. The van der Waals surface area contributed by atoms with Crippen molar-refractivity contribution in [1.82, 2.24) is 14.5 Å². The number of ether oxygens (including phenoxy) is 1. The monoisotopic (exact) mass is 349 g/mol. The van der Waals surface area contributed by atoms with Crippen LogP contribution in [0.1, 0.15) is 54.3 Å². The molecule has 0 aromatic carbocycles. The minimum absolute atomic E-state index is 0.307. The maximum Gasteiger partial charge on any atom is 0.516 e. The molecule has 0 saturated carbocycles. The Hall–Kier alpha value is -1.54. The van der Waals surface area contributed by atoms with E-state index in [4.69, 9.17) is 14.0 Å². The van der Waals surface area contributed by atoms with Crippen LogP contribution in [-0.2, 0) is 27.1 Å². The summed E-state index contributed by atoms with van der Waals surface area (Å²) in [5.74, 6) is 0.821. The molecule has 1 amide bonds. The second-order valence-corrected chi connectivity index (χ2v) is 8.77. The van der Waals surface area contributed by atoms with Gasteiger partial charge < -0.3 is 18.6 Å². The first-order chi connectivity index (χ1) is 11.4. The van der Waals surface area contributed by atoms with Crippen molar-refractivity contribution in [3.8, 4) is 0 Å². The molecule has 2 aliphatic heterocycles. The SMILES string of the molecule is CC(C)(C)OC(=O)N1CCn2cc(B3OC(C)(C)C(C)(C)O3)nc2C1. The number of fused-ring (bicyclic) bond motifs is 1. The zero-order valence-electron chi connectivity index (χ0n) is 16.3. The first-order valence-electron chi connectivity index (χ1n) is 8.77. The molecule has 1 fully saturated rings. The van der Waals surface area contributed by atoms with Gasteiger partial charge in [-0.25, -0.2) is 9.78 Å². The second-order valence-electron chi connectivity index (χ2n) is 8.77. The molecule has 7 nitrogen and oxygen atoms in total. The van der Waals surface area contributed by atoms with Gasteiger partial charge in [0.15, 0.2) is 0 Å². The van der Waals surface area contributed by atoms with Crippen LogP contribution >= 0.6 is 0 Å². The number of hydrogen-bond donors (Lipinski definition) is 0. The molecule has 0 unspecified atom stereocenters. The molecule has 1 saturated heterocycles. The number of aromatic nitrogens is 2. The summed E-state index contributed by atoms with van der Waals surface area (Å²) in [5.41, 5.74) is -0.549. The van der Waals surface area contributed by atoms with Crippen LogP contribution in [0.5, 0.6) is 0 Å². The lowest BCUT2D eigenvalue weighted by Gasteiger charge is -2.32. The van der Waals surface area contributed by atoms with Crippen LogP contribution in [0.15, 0.2) is 6.20 Å². The zero-order chi connectivity index (χ0) is 18.6. The van der Waals surface area contributed by atoms with Gasteiger partial charge in [-0.3, -0.25) is 4.90 Å². The van der Waals surface area contributed by atoms with Crippen LogP contribution < -0.4 is 5.59 Å². The molecule has 138 valence electrons. The van der Waals surface area contributed by atoms with Gasteiger partial charge in [0.1, 0.15) is 11.4 Å². The van der Waals surface area contributed by atoms with E-state index < -0.39 is 23.9 Å². The molecule has 0 atom stereocenters. The van der Waals surface area contributed by atoms with Crippen molar-refractivity contribution in [2.75, 3.05) is 6.54 Å². The van der Waals surface area contributed by atoms with Crippen LogP contribution in [0.3, 0.4) is 0 Å². The van der Waals surface area contributed by atoms with E-state index in [0.29, 0.717) is 19.6 Å². The molecular formula is C17H28BN3O4. The first-order valence-corrected chi connectivity index (χ1v) is 8.77. The fourth-order valence-electron chi connectivity index (χ4n) is 2.83. The molecule has 0 N–H and O–H groups in total. The fourth-order valence-corrected chi connectivity index (χ4v) is 2.83. The average molecular weight is 349 g/mol. The van der Waals surface area contributed by atoms with Crippen molar-refractivity contribution in [2.24, 2.45) is 0 Å². The lowest BCUT2D eigenvalue weighted by Crippen LogP contribution is -2.41. The molecule has 0 spiro atoms. The first kappa shape index (κ1) is 18.3. The zero-order valence-corrected chi connectivity index (χ0v) is 16.3. The normalized spacial score (nSPS) is 22.0. The van der Waals surface area contributed by atoms with Gasteiger partial charge in [0.2, 0.25) is 0 Å². The third kappa shape index (κ3) is 3.55. The van der Waals surface area contributed by atoms with Gasteiger partial charge in [0, 0.05) is 19.3 Å². The molecule has 3 heterocycles. The fraction of sp³-hybridized carbons (Fsp3) is 0.765. The highest BCUT2D eigenvalue weighted by molar-refractivity contribution is 6.61. The molecule has 2 aliphatic rings. The van der Waals surface area contributed by atoms with Crippen molar-refractivity contribution in [3.05, 3.63) is 12.0 Å². The van der Waals surface area contributed by atoms with Gasteiger partial charge in [-0.1, -0.05) is 0 Å². The van der Waals surface area contributed by atoms with Gasteiger partial charge in [0.25, 0.3) is 0 Å². The molecule has 0 bridgehead atoms. The van der Waals surface area contributed by atoms with E-state index in [0.717, 1.165) is 11.4 Å². The van der Waals surface area contributed by atoms with Crippen molar-refractivity contribution in [3.63, 3.8) is 0 Å². The topological polar surface area (TPSA) is 65.8 Å². The van der Waals surface area contributed by atoms with Gasteiger partial charge in [-0.05, 0) is 48.5 Å². The average Bonchev–Trinajstić information content (AvgIpc) is 2.95. The standard InChI is InChI=1S/C17H28BN3O4/c1-15(2,3)23-14(22)21-9-8-20-10-12(19-13(20)11-21)18-24-16(4,5)17(6,7)25-18/h10H,8-9,11H2,1-7H3. The van der Waals surface area contributed by atoms with E-state index in [-0.39, 0.29) is 6.09 Å². The lowest BCUT2D eigenvalue weighted by molar-refractivity contribution is 0.00578. The van der Waals surface area contributed by atoms with E-state index in [2.05, 4.69) is 9.55 Å². The van der Waals surface area contributed by atoms with Crippen LogP contribution in [0, 0.1) is 0 Å². The molecule has 1 aromatic heterocycles. The number of rotatable bonds is 1. The van der Waals surface area contributed by atoms with Crippen LogP contribution in [0.2, 0.25) is 0 Å². The molecule has 1 aromatic rings. The lowest BCUT2D eigenvalue weighted by atomic mass is 9.86. The highest BCUT2D eigenvalue weighted by Crippen LogP contribution is 2.36. The Labute approximate surface area is 149 Å². The third-order valence-corrected chi connectivity index (χ3v) is 4.97. The summed E-state index contributed by atoms with van der Waals surface area (Å²) < 4.78 is 19.6. The van der Waals surface area contributed by atoms with E-state index >= 15 is 0 Å². The van der Waals surface area contributed by atoms with Crippen LogP contribution in [0.4, 0.5) is 4.79 Å². The Morgan fingerprint density at radius 2 is 1.80 bits per heavy atom. The largest absolute Gasteiger partial charge is 0.516 e. The van der Waals surface area contributed by atoms with Gasteiger partial charge in [-0.2, -0.15) is 0 Å². The quantitative estimate of drug-likeness (QED) is 0.725. The van der Waals surface area contributed by atoms with Gasteiger partial charge in [-0.15, -0.1) is 0 Å². The van der Waals surface area contributed by atoms with Crippen LogP contribution in [-0.4, -0.2) is 51.0 Å². The highest BCUT2D eigenvalue weighted by Gasteiger charge is 2.52. The second kappa shape index (κ2) is 5.74. The summed E-state index contributed by atoms with van der Waals surface area (Å²) in [7, 11) is -0.488. The molecule has 3 rings (SSSR count). The van der Waals surface area contributed by atoms with Crippen molar-refractivity contribution in [1.29, 1.82) is 0 Å². The molecule has 0 aliphatic carbocycles. The Morgan fingerprint density at radius 1 is 1.20 bits per heavy atom. The summed E-state index contributed by atoms with van der Waals surface area (Å²) in [6.07, 6.45) is 1.66. The van der Waals surface area contributed by atoms with Crippen molar-refractivity contribution in [2.45, 2.75) is 78.4 Å². The van der Waals surface area contributed by atoms with E-state index in [1.165, 1.54) is 0 Å². The third-order valence-electron chi connectivity index (χ3n) is 4.97. The summed E-state index contributed by atoms with van der Waals surface area (Å²) >= 11 is 0. The van der Waals surface area contributed by atoms with Crippen molar-refractivity contribution < 1.29 is 18.8 Å². The number of hydrogen-bond acceptors (Lipinski definition) is 5.